The second kappa shape index (κ2) is 12.7. The monoisotopic (exact) mass is 515 g/mol. The average molecular weight is 516 g/mol. The van der Waals surface area contributed by atoms with Gasteiger partial charge in [0.25, 0.3) is 5.91 Å². The molecule has 0 saturated carbocycles. The van der Waals surface area contributed by atoms with Crippen molar-refractivity contribution in [2.24, 2.45) is 5.92 Å². The van der Waals surface area contributed by atoms with Gasteiger partial charge in [0.2, 0.25) is 5.91 Å². The highest BCUT2D eigenvalue weighted by molar-refractivity contribution is 5.78. The van der Waals surface area contributed by atoms with Crippen molar-refractivity contribution in [3.63, 3.8) is 0 Å². The first-order valence-corrected chi connectivity index (χ1v) is 13.9. The number of rotatable bonds is 12. The number of carboxylic acid groups (broad SMARTS) is 1. The predicted octanol–water partition coefficient (Wildman–Crippen LogP) is 3.07. The van der Waals surface area contributed by atoms with Gasteiger partial charge in [0, 0.05) is 51.0 Å². The Morgan fingerprint density at radius 1 is 1.19 bits per heavy atom. The molecule has 3 atom stereocenters. The third kappa shape index (κ3) is 6.44. The Labute approximate surface area is 219 Å². The van der Waals surface area contributed by atoms with Crippen molar-refractivity contribution in [1.29, 1.82) is 0 Å². The number of carboxylic acids is 1. The van der Waals surface area contributed by atoms with Crippen LogP contribution in [0.5, 0.6) is 5.75 Å². The normalized spacial score (nSPS) is 23.7. The molecule has 3 heterocycles. The van der Waals surface area contributed by atoms with Crippen LogP contribution in [0.25, 0.3) is 0 Å². The van der Waals surface area contributed by atoms with Crippen LogP contribution in [0.1, 0.15) is 69.4 Å². The Kier molecular flexibility index (Phi) is 9.43. The van der Waals surface area contributed by atoms with Gasteiger partial charge in [-0.3, -0.25) is 24.1 Å². The highest BCUT2D eigenvalue weighted by Gasteiger charge is 2.47. The number of aliphatic carboxylic acids is 1. The molecular weight excluding hydrogens is 474 g/mol. The molecule has 1 aromatic rings. The van der Waals surface area contributed by atoms with Gasteiger partial charge in [-0.15, -0.1) is 0 Å². The van der Waals surface area contributed by atoms with Crippen molar-refractivity contribution in [3.8, 4) is 5.75 Å². The lowest BCUT2D eigenvalue weighted by Crippen LogP contribution is -2.46. The molecule has 2 fully saturated rings. The van der Waals surface area contributed by atoms with Crippen LogP contribution in [0.2, 0.25) is 0 Å². The number of ether oxygens (including phenoxy) is 1. The molecule has 0 bridgehead atoms. The number of carbonyl (C=O) groups excluding carboxylic acids is 2. The molecule has 37 heavy (non-hydrogen) atoms. The summed E-state index contributed by atoms with van der Waals surface area (Å²) in [5, 5.41) is 11.8. The fraction of sp³-hybridized carbons (Fsp3) is 0.679. The maximum absolute atomic E-state index is 13.3. The number of hydrogen-bond acceptors (Lipinski definition) is 6. The van der Waals surface area contributed by atoms with Crippen molar-refractivity contribution < 1.29 is 29.1 Å². The number of likely N-dealkylation sites (tertiary alicyclic amines) is 2. The van der Waals surface area contributed by atoms with Crippen molar-refractivity contribution in [2.45, 2.75) is 70.8 Å². The highest BCUT2D eigenvalue weighted by Crippen LogP contribution is 2.41. The standard InChI is InChI=1S/C28H41N3O6/c1-3-12-31(37-15-4-2)26(33)19-30-18-22(20-8-9-24-21(17-20)11-16-36-24)27(28(34)35)23(30)10-14-29-13-6-5-7-25(29)32/h8-9,17,22-23,27H,3-7,10-16,18-19H2,1-2H3,(H,34,35). The lowest BCUT2D eigenvalue weighted by Gasteiger charge is -2.32. The van der Waals surface area contributed by atoms with E-state index < -0.39 is 11.9 Å². The van der Waals surface area contributed by atoms with Gasteiger partial charge in [-0.05, 0) is 49.3 Å². The first-order valence-electron chi connectivity index (χ1n) is 13.9. The molecule has 1 aromatic carbocycles. The molecule has 204 valence electrons. The Morgan fingerprint density at radius 3 is 2.76 bits per heavy atom. The first kappa shape index (κ1) is 27.4. The molecule has 3 unspecified atom stereocenters. The van der Waals surface area contributed by atoms with Crippen LogP contribution in [0, 0.1) is 5.92 Å². The van der Waals surface area contributed by atoms with Crippen molar-refractivity contribution in [3.05, 3.63) is 29.3 Å². The minimum atomic E-state index is -0.862. The summed E-state index contributed by atoms with van der Waals surface area (Å²) in [4.78, 5) is 48.0. The minimum Gasteiger partial charge on any atom is -0.493 e. The zero-order chi connectivity index (χ0) is 26.4. The maximum Gasteiger partial charge on any atom is 0.308 e. The Hall–Kier alpha value is -2.65. The summed E-state index contributed by atoms with van der Waals surface area (Å²) in [6, 6.07) is 5.62. The number of nitrogens with zero attached hydrogens (tertiary/aromatic N) is 3. The van der Waals surface area contributed by atoms with E-state index in [1.54, 1.807) is 0 Å². The predicted molar refractivity (Wildman–Crippen MR) is 138 cm³/mol. The van der Waals surface area contributed by atoms with Crippen LogP contribution in [-0.2, 0) is 25.6 Å². The SMILES string of the molecule is CCCON(CCC)C(=O)CN1CC(c2ccc3c(c2)CCO3)C(C(=O)O)C1CCN1CCCCC1=O. The van der Waals surface area contributed by atoms with Crippen LogP contribution in [-0.4, -0.2) is 89.7 Å². The van der Waals surface area contributed by atoms with E-state index in [9.17, 15) is 19.5 Å². The molecule has 2 saturated heterocycles. The second-order valence-electron chi connectivity index (χ2n) is 10.4. The third-order valence-corrected chi connectivity index (χ3v) is 7.79. The van der Waals surface area contributed by atoms with Crippen LogP contribution in [0.3, 0.4) is 0 Å². The van der Waals surface area contributed by atoms with E-state index in [1.807, 2.05) is 35.8 Å². The van der Waals surface area contributed by atoms with Crippen LogP contribution < -0.4 is 4.74 Å². The summed E-state index contributed by atoms with van der Waals surface area (Å²) >= 11 is 0. The Balaban J connectivity index is 1.57. The Morgan fingerprint density at radius 2 is 2.03 bits per heavy atom. The molecule has 3 aliphatic heterocycles. The number of carbonyl (C=O) groups is 3. The van der Waals surface area contributed by atoms with Crippen molar-refractivity contribution >= 4 is 17.8 Å². The minimum absolute atomic E-state index is 0.0939. The van der Waals surface area contributed by atoms with Gasteiger partial charge in [0.05, 0.1) is 25.7 Å². The molecule has 0 aliphatic carbocycles. The summed E-state index contributed by atoms with van der Waals surface area (Å²) < 4.78 is 5.65. The molecule has 4 rings (SSSR count). The smallest absolute Gasteiger partial charge is 0.308 e. The average Bonchev–Trinajstić information content (AvgIpc) is 3.50. The zero-order valence-corrected chi connectivity index (χ0v) is 22.2. The molecule has 0 spiro atoms. The van der Waals surface area contributed by atoms with Crippen molar-refractivity contribution in [2.75, 3.05) is 45.9 Å². The number of hydroxylamine groups is 2. The van der Waals surface area contributed by atoms with E-state index in [1.165, 1.54) is 5.06 Å². The van der Waals surface area contributed by atoms with E-state index >= 15 is 0 Å². The van der Waals surface area contributed by atoms with E-state index in [4.69, 9.17) is 9.57 Å². The van der Waals surface area contributed by atoms with Crippen LogP contribution in [0.4, 0.5) is 0 Å². The van der Waals surface area contributed by atoms with Crippen molar-refractivity contribution in [1.82, 2.24) is 14.9 Å². The molecule has 1 N–H and O–H groups in total. The van der Waals surface area contributed by atoms with E-state index in [2.05, 4.69) is 6.07 Å². The first-order chi connectivity index (χ1) is 17.9. The summed E-state index contributed by atoms with van der Waals surface area (Å²) in [7, 11) is 0. The van der Waals surface area contributed by atoms with E-state index in [-0.39, 0.29) is 30.3 Å². The lowest BCUT2D eigenvalue weighted by atomic mass is 9.83. The van der Waals surface area contributed by atoms with Gasteiger partial charge in [0.15, 0.2) is 0 Å². The van der Waals surface area contributed by atoms with Gasteiger partial charge in [-0.2, -0.15) is 0 Å². The zero-order valence-electron chi connectivity index (χ0n) is 22.2. The number of piperidine rings is 1. The number of amides is 2. The quantitative estimate of drug-likeness (QED) is 0.427. The highest BCUT2D eigenvalue weighted by atomic mass is 16.7. The molecule has 2 amide bonds. The van der Waals surface area contributed by atoms with Crippen LogP contribution >= 0.6 is 0 Å². The topological polar surface area (TPSA) is 99.6 Å². The van der Waals surface area contributed by atoms with Gasteiger partial charge >= 0.3 is 5.97 Å². The molecule has 0 radical (unpaired) electrons. The fourth-order valence-electron chi connectivity index (χ4n) is 5.93. The van der Waals surface area contributed by atoms with Gasteiger partial charge < -0.3 is 14.7 Å². The maximum atomic E-state index is 13.3. The molecule has 3 aliphatic rings. The number of hydrogen-bond donors (Lipinski definition) is 1. The fourth-order valence-corrected chi connectivity index (χ4v) is 5.93. The molecule has 9 heteroatoms. The Bertz CT molecular complexity index is 969. The molecular formula is C28H41N3O6. The summed E-state index contributed by atoms with van der Waals surface area (Å²) in [5.74, 6) is -0.945. The third-order valence-electron chi connectivity index (χ3n) is 7.79. The van der Waals surface area contributed by atoms with Crippen LogP contribution in [0.15, 0.2) is 18.2 Å². The second-order valence-corrected chi connectivity index (χ2v) is 10.4. The van der Waals surface area contributed by atoms with Gasteiger partial charge in [0.1, 0.15) is 5.75 Å². The summed E-state index contributed by atoms with van der Waals surface area (Å²) in [5.41, 5.74) is 2.08. The number of fused-ring (bicyclic) bond motifs is 1. The van der Waals surface area contributed by atoms with Gasteiger partial charge in [-0.25, -0.2) is 5.06 Å². The van der Waals surface area contributed by atoms with E-state index in [0.29, 0.717) is 52.2 Å². The lowest BCUT2D eigenvalue weighted by molar-refractivity contribution is -0.188. The van der Waals surface area contributed by atoms with Gasteiger partial charge in [-0.1, -0.05) is 26.0 Å². The molecule has 9 nitrogen and oxygen atoms in total. The summed E-state index contributed by atoms with van der Waals surface area (Å²) in [6.07, 6.45) is 5.34. The van der Waals surface area contributed by atoms with E-state index in [0.717, 1.165) is 49.0 Å². The molecule has 0 aromatic heterocycles. The largest absolute Gasteiger partial charge is 0.493 e. The summed E-state index contributed by atoms with van der Waals surface area (Å²) in [6.45, 7) is 7.38. The number of benzene rings is 1.